The number of hydrogen-bond acceptors (Lipinski definition) is 2. The molecule has 0 saturated carbocycles. The molecular formula is C5H12NO2S+. The van der Waals surface area contributed by atoms with Crippen LogP contribution in [0.25, 0.3) is 0 Å². The van der Waals surface area contributed by atoms with E-state index in [1.54, 1.807) is 21.1 Å². The Morgan fingerprint density at radius 2 is 1.89 bits per heavy atom. The zero-order valence-electron chi connectivity index (χ0n) is 5.84. The molecule has 0 aromatic rings. The van der Waals surface area contributed by atoms with E-state index < -0.39 is 11.3 Å². The molecule has 0 aliphatic heterocycles. The summed E-state index contributed by atoms with van der Waals surface area (Å²) in [6.07, 6.45) is 0. The fourth-order valence-electron chi connectivity index (χ4n) is 0.316. The third-order valence-electron chi connectivity index (χ3n) is 0.998. The third-order valence-corrected chi connectivity index (χ3v) is 2.01. The second-order valence-corrected chi connectivity index (χ2v) is 3.38. The number of carboxylic acid groups (broad SMARTS) is 1. The van der Waals surface area contributed by atoms with Crippen molar-refractivity contribution in [1.29, 1.82) is 0 Å². The van der Waals surface area contributed by atoms with Crippen molar-refractivity contribution in [3.63, 3.8) is 0 Å². The molecule has 0 spiro atoms. The molecule has 0 saturated heterocycles. The largest absolute Gasteiger partial charge is 0.540 e. The molecule has 0 N–H and O–H groups in total. The maximum absolute atomic E-state index is 10.2. The highest BCUT2D eigenvalue weighted by molar-refractivity contribution is 7.60. The highest BCUT2D eigenvalue weighted by Crippen LogP contribution is 1.97. The highest BCUT2D eigenvalue weighted by atomic mass is 32.1. The lowest BCUT2D eigenvalue weighted by atomic mass is 10.5. The predicted octanol–water partition coefficient (Wildman–Crippen LogP) is -2.22. The summed E-state index contributed by atoms with van der Waals surface area (Å²) in [5.74, 6) is -1.08. The van der Waals surface area contributed by atoms with E-state index >= 15 is 0 Å². The van der Waals surface area contributed by atoms with Crippen molar-refractivity contribution >= 4 is 18.6 Å². The van der Waals surface area contributed by atoms with Gasteiger partial charge < -0.3 is 9.90 Å². The van der Waals surface area contributed by atoms with Crippen molar-refractivity contribution in [2.24, 2.45) is 0 Å². The molecule has 54 valence electrons. The Bertz CT molecular complexity index is 119. The van der Waals surface area contributed by atoms with Crippen molar-refractivity contribution < 1.29 is 14.4 Å². The normalized spacial score (nSPS) is 15.1. The molecule has 3 nitrogen and oxygen atoms in total. The molecule has 0 fully saturated rings. The van der Waals surface area contributed by atoms with Gasteiger partial charge in [-0.25, -0.2) is 0 Å². The van der Waals surface area contributed by atoms with Gasteiger partial charge in [0.15, 0.2) is 5.97 Å². The maximum atomic E-state index is 10.2. The molecule has 0 radical (unpaired) electrons. The molecule has 0 aromatic carbocycles. The van der Waals surface area contributed by atoms with Crippen molar-refractivity contribution in [2.75, 3.05) is 21.1 Å². The van der Waals surface area contributed by atoms with Gasteiger partial charge in [-0.05, 0) is 0 Å². The fourth-order valence-corrected chi connectivity index (χ4v) is 0.316. The van der Waals surface area contributed by atoms with Crippen LogP contribution < -0.4 is 5.11 Å². The van der Waals surface area contributed by atoms with E-state index in [9.17, 15) is 9.90 Å². The van der Waals surface area contributed by atoms with Gasteiger partial charge in [0, 0.05) is 12.6 Å². The van der Waals surface area contributed by atoms with Crippen molar-refractivity contribution in [1.82, 2.24) is 0 Å². The van der Waals surface area contributed by atoms with Crippen LogP contribution in [0.4, 0.5) is 0 Å². The molecule has 1 unspecified atom stereocenters. The third kappa shape index (κ3) is 2.72. The summed E-state index contributed by atoms with van der Waals surface area (Å²) in [5.41, 5.74) is 0. The smallest absolute Gasteiger partial charge is 0.277 e. The maximum Gasteiger partial charge on any atom is 0.277 e. The summed E-state index contributed by atoms with van der Waals surface area (Å²) in [6.45, 7) is 0. The standard InChI is InChI=1S/C5H11NO2S/c1-6(2,3)4(9)5(7)8/h4H,1-3H3,(H-,7,8,9)/p+1. The van der Waals surface area contributed by atoms with Gasteiger partial charge in [0.25, 0.3) is 5.37 Å². The SMILES string of the molecule is C[N+](C)(C)C([SH2+])C(=O)[O-]. The summed E-state index contributed by atoms with van der Waals surface area (Å²) in [4.78, 5) is 10.2. The van der Waals surface area contributed by atoms with E-state index in [1.165, 1.54) is 0 Å². The zero-order chi connectivity index (χ0) is 7.65. The van der Waals surface area contributed by atoms with Crippen LogP contribution in [0.2, 0.25) is 0 Å². The van der Waals surface area contributed by atoms with Gasteiger partial charge in [0.05, 0.1) is 21.1 Å². The lowest BCUT2D eigenvalue weighted by Gasteiger charge is -2.26. The first-order valence-electron chi connectivity index (χ1n) is 2.59. The second-order valence-electron chi connectivity index (χ2n) is 2.84. The average Bonchev–Trinajstić information content (AvgIpc) is 1.62. The van der Waals surface area contributed by atoms with Crippen molar-refractivity contribution in [2.45, 2.75) is 5.37 Å². The number of aliphatic carboxylic acids is 1. The van der Waals surface area contributed by atoms with E-state index in [2.05, 4.69) is 12.6 Å². The summed E-state index contributed by atoms with van der Waals surface area (Å²) >= 11 is 3.02. The number of carbonyl (C=O) groups is 1. The minimum atomic E-state index is -1.08. The second kappa shape index (κ2) is 2.58. The van der Waals surface area contributed by atoms with Crippen molar-refractivity contribution in [3.05, 3.63) is 0 Å². The van der Waals surface area contributed by atoms with Gasteiger partial charge in [-0.3, -0.25) is 4.48 Å². The number of carboxylic acids is 1. The molecule has 0 aromatic heterocycles. The summed E-state index contributed by atoms with van der Waals surface area (Å²) in [5, 5.41) is 9.54. The zero-order valence-corrected chi connectivity index (χ0v) is 6.84. The Labute approximate surface area is 60.3 Å². The Kier molecular flexibility index (Phi) is 2.51. The highest BCUT2D eigenvalue weighted by Gasteiger charge is 2.25. The topological polar surface area (TPSA) is 40.1 Å². The molecule has 0 aliphatic rings. The molecule has 0 amide bonds. The van der Waals surface area contributed by atoms with Crippen LogP contribution in [-0.2, 0) is 17.4 Å². The van der Waals surface area contributed by atoms with Crippen LogP contribution in [-0.4, -0.2) is 37.0 Å². The van der Waals surface area contributed by atoms with E-state index in [0.29, 0.717) is 4.48 Å². The molecule has 0 aliphatic carbocycles. The van der Waals surface area contributed by atoms with Crippen LogP contribution >= 0.6 is 0 Å². The van der Waals surface area contributed by atoms with Gasteiger partial charge in [0.1, 0.15) is 0 Å². The first kappa shape index (κ1) is 8.78. The lowest BCUT2D eigenvalue weighted by molar-refractivity contribution is -0.874. The van der Waals surface area contributed by atoms with E-state index in [0.717, 1.165) is 0 Å². The van der Waals surface area contributed by atoms with Crippen LogP contribution in [0, 0.1) is 0 Å². The first-order valence-corrected chi connectivity index (χ1v) is 3.16. The molecule has 1 atom stereocenters. The van der Waals surface area contributed by atoms with Gasteiger partial charge >= 0.3 is 0 Å². The van der Waals surface area contributed by atoms with Gasteiger partial charge in [-0.15, -0.1) is 0 Å². The van der Waals surface area contributed by atoms with Crippen LogP contribution in [0.5, 0.6) is 0 Å². The quantitative estimate of drug-likeness (QED) is 0.330. The van der Waals surface area contributed by atoms with Crippen LogP contribution in [0.15, 0.2) is 0 Å². The van der Waals surface area contributed by atoms with E-state index in [-0.39, 0.29) is 0 Å². The van der Waals surface area contributed by atoms with E-state index in [4.69, 9.17) is 0 Å². The number of carbonyl (C=O) groups excluding carboxylic acids is 1. The lowest BCUT2D eigenvalue weighted by Crippen LogP contribution is -2.53. The van der Waals surface area contributed by atoms with Gasteiger partial charge in [-0.2, -0.15) is 0 Å². The number of rotatable bonds is 2. The minimum absolute atomic E-state index is 0.319. The number of quaternary nitrogens is 1. The molecule has 0 heterocycles. The summed E-state index contributed by atoms with van der Waals surface area (Å²) in [6, 6.07) is 0. The van der Waals surface area contributed by atoms with Crippen LogP contribution in [0.1, 0.15) is 0 Å². The Hall–Kier alpha value is -0.220. The number of hydrogen-bond donors (Lipinski definition) is 0. The summed E-state index contributed by atoms with van der Waals surface area (Å²) in [7, 11) is 5.31. The fraction of sp³-hybridized carbons (Fsp3) is 0.800. The molecule has 9 heavy (non-hydrogen) atoms. The molecule has 4 heteroatoms. The molecule has 0 rings (SSSR count). The first-order chi connectivity index (χ1) is 3.85. The van der Waals surface area contributed by atoms with Gasteiger partial charge in [0.2, 0.25) is 0 Å². The average molecular weight is 150 g/mol. The summed E-state index contributed by atoms with van der Waals surface area (Å²) < 4.78 is 0.319. The Morgan fingerprint density at radius 3 is 1.89 bits per heavy atom. The molecular weight excluding hydrogens is 138 g/mol. The molecule has 0 bridgehead atoms. The monoisotopic (exact) mass is 150 g/mol. The van der Waals surface area contributed by atoms with Crippen LogP contribution in [0.3, 0.4) is 0 Å². The van der Waals surface area contributed by atoms with Crippen molar-refractivity contribution in [3.8, 4) is 0 Å². The number of nitrogens with zero attached hydrogens (tertiary/aromatic N) is 1. The predicted molar refractivity (Wildman–Crippen MR) is 37.0 cm³/mol. The number of likely N-dealkylation sites (N-methyl/N-ethyl adjacent to an activating group) is 1. The minimum Gasteiger partial charge on any atom is -0.540 e. The Balaban J connectivity index is 4.04. The van der Waals surface area contributed by atoms with Gasteiger partial charge in [-0.1, -0.05) is 0 Å². The Morgan fingerprint density at radius 1 is 1.56 bits per heavy atom. The van der Waals surface area contributed by atoms with E-state index in [1.807, 2.05) is 0 Å².